The number of nitrogens with one attached hydrogen (secondary N) is 2. The number of hydrogen-bond acceptors (Lipinski definition) is 6. The second kappa shape index (κ2) is 15.7. The number of rotatable bonds is 14. The molecule has 1 amide bonds. The molecule has 0 heterocycles. The molecule has 3 aromatic carbocycles. The highest BCUT2D eigenvalue weighted by atomic mass is 35.5. The van der Waals surface area contributed by atoms with Crippen molar-refractivity contribution in [2.45, 2.75) is 51.6 Å². The van der Waals surface area contributed by atoms with Crippen LogP contribution in [-0.2, 0) is 16.2 Å². The van der Waals surface area contributed by atoms with Crippen molar-refractivity contribution in [3.8, 4) is 0 Å². The summed E-state index contributed by atoms with van der Waals surface area (Å²) in [5.74, 6) is -0.815. The number of allylic oxidation sites excluding steroid dienone is 2. The fourth-order valence-corrected chi connectivity index (χ4v) is 5.12. The van der Waals surface area contributed by atoms with Gasteiger partial charge in [0.05, 0.1) is 17.4 Å². The molecule has 1 aliphatic carbocycles. The molecular weight excluding hydrogens is 580 g/mol. The molecule has 0 aromatic heterocycles. The van der Waals surface area contributed by atoms with E-state index >= 15 is 0 Å². The van der Waals surface area contributed by atoms with Crippen molar-refractivity contribution in [2.24, 2.45) is 0 Å². The van der Waals surface area contributed by atoms with Gasteiger partial charge in [0, 0.05) is 29.4 Å². The normalized spacial score (nSPS) is 13.8. The smallest absolute Gasteiger partial charge is 0.322 e. The van der Waals surface area contributed by atoms with Crippen LogP contribution in [0.1, 0.15) is 72.1 Å². The zero-order chi connectivity index (χ0) is 31.5. The molecule has 9 nitrogen and oxygen atoms in total. The Morgan fingerprint density at radius 2 is 1.75 bits per heavy atom. The van der Waals surface area contributed by atoms with Gasteiger partial charge >= 0.3 is 12.2 Å². The van der Waals surface area contributed by atoms with Gasteiger partial charge in [0.25, 0.3) is 10.8 Å². The first-order valence-electron chi connectivity index (χ1n) is 14.6. The van der Waals surface area contributed by atoms with Crippen LogP contribution in [0.3, 0.4) is 0 Å². The number of aliphatic carboxylic acids is 1. The average molecular weight is 618 g/mol. The van der Waals surface area contributed by atoms with Gasteiger partial charge in [0.15, 0.2) is 12.9 Å². The molecule has 0 aliphatic heterocycles. The number of amides is 1. The van der Waals surface area contributed by atoms with E-state index < -0.39 is 5.97 Å². The van der Waals surface area contributed by atoms with Crippen molar-refractivity contribution in [3.05, 3.63) is 123 Å². The van der Waals surface area contributed by atoms with E-state index in [1.165, 1.54) is 37.3 Å². The lowest BCUT2D eigenvalue weighted by molar-refractivity contribution is -0.749. The Morgan fingerprint density at radius 1 is 1.05 bits per heavy atom. The van der Waals surface area contributed by atoms with Gasteiger partial charge in [-0.05, 0) is 91.3 Å². The summed E-state index contributed by atoms with van der Waals surface area (Å²) >= 11 is 6.11. The standard InChI is InChI=1S/C34H37ClN4O5/c1-24(26-12-16-30(35)17-13-26)37-32(23-39(43)44-2)38(31-18-14-28(15-19-31)27-6-4-3-5-7-27)22-25-8-10-29(11-9-25)34(42)36-21-20-33(40)41/h6,8-19,23-24H,3-5,7,20-22H2,1-2H3,(H2-,36,37,40,41,42,43)/p+1. The predicted molar refractivity (Wildman–Crippen MR) is 172 cm³/mol. The zero-order valence-corrected chi connectivity index (χ0v) is 25.7. The SMILES string of the molecule is CO[N+](=O)/C=C(/NC(C)c1ccc(Cl)cc1)N(Cc1ccc(C(=O)NCCC(=O)O)cc1)c1ccc(C2=CCCCC2)cc1. The van der Waals surface area contributed by atoms with Gasteiger partial charge in [0.1, 0.15) is 0 Å². The Labute approximate surface area is 262 Å². The molecule has 3 N–H and O–H groups in total. The Hall–Kier alpha value is -4.63. The van der Waals surface area contributed by atoms with Crippen LogP contribution < -0.4 is 15.5 Å². The molecule has 0 radical (unpaired) electrons. The predicted octanol–water partition coefficient (Wildman–Crippen LogP) is 7.00. The fourth-order valence-electron chi connectivity index (χ4n) is 4.99. The Bertz CT molecular complexity index is 1500. The maximum absolute atomic E-state index is 12.5. The van der Waals surface area contributed by atoms with Crippen molar-refractivity contribution < 1.29 is 24.5 Å². The first-order chi connectivity index (χ1) is 21.2. The summed E-state index contributed by atoms with van der Waals surface area (Å²) in [7, 11) is 1.31. The van der Waals surface area contributed by atoms with E-state index in [9.17, 15) is 14.5 Å². The van der Waals surface area contributed by atoms with Gasteiger partial charge in [-0.3, -0.25) is 9.59 Å². The van der Waals surface area contributed by atoms with Crippen LogP contribution in [-0.4, -0.2) is 35.6 Å². The lowest BCUT2D eigenvalue weighted by Gasteiger charge is -2.29. The highest BCUT2D eigenvalue weighted by Crippen LogP contribution is 2.30. The zero-order valence-electron chi connectivity index (χ0n) is 25.0. The van der Waals surface area contributed by atoms with Crippen LogP contribution >= 0.6 is 11.6 Å². The Kier molecular flexibility index (Phi) is 11.5. The number of nitrogens with zero attached hydrogens (tertiary/aromatic N) is 2. The van der Waals surface area contributed by atoms with Gasteiger partial charge in [-0.1, -0.05) is 54.1 Å². The number of carbonyl (C=O) groups excluding carboxylic acids is 1. The van der Waals surface area contributed by atoms with Gasteiger partial charge in [0.2, 0.25) is 0 Å². The average Bonchev–Trinajstić information content (AvgIpc) is 3.04. The van der Waals surface area contributed by atoms with Crippen LogP contribution in [0.5, 0.6) is 0 Å². The molecule has 1 atom stereocenters. The van der Waals surface area contributed by atoms with E-state index in [2.05, 4.69) is 28.8 Å². The molecule has 1 unspecified atom stereocenters. The largest absolute Gasteiger partial charge is 0.481 e. The summed E-state index contributed by atoms with van der Waals surface area (Å²) in [4.78, 5) is 43.1. The van der Waals surface area contributed by atoms with Crippen LogP contribution in [0.4, 0.5) is 5.69 Å². The summed E-state index contributed by atoms with van der Waals surface area (Å²) in [5.41, 5.74) is 5.67. The number of benzene rings is 3. The Morgan fingerprint density at radius 3 is 2.36 bits per heavy atom. The molecule has 0 spiro atoms. The minimum absolute atomic E-state index is 0.0490. The monoisotopic (exact) mass is 617 g/mol. The molecule has 4 rings (SSSR count). The van der Waals surface area contributed by atoms with Crippen molar-refractivity contribution in [1.82, 2.24) is 10.6 Å². The summed E-state index contributed by atoms with van der Waals surface area (Å²) in [6, 6.07) is 22.7. The van der Waals surface area contributed by atoms with E-state index in [0.717, 1.165) is 29.7 Å². The van der Waals surface area contributed by atoms with Gasteiger partial charge in [-0.15, -0.1) is 0 Å². The molecule has 230 valence electrons. The third kappa shape index (κ3) is 9.18. The molecular formula is C34H38ClN4O5+. The topological polar surface area (TPSA) is 111 Å². The van der Waals surface area contributed by atoms with Crippen LogP contribution in [0.2, 0.25) is 5.02 Å². The lowest BCUT2D eigenvalue weighted by Crippen LogP contribution is -2.34. The van der Waals surface area contributed by atoms with Crippen molar-refractivity contribution in [3.63, 3.8) is 0 Å². The fraction of sp³-hybridized carbons (Fsp3) is 0.294. The van der Waals surface area contributed by atoms with Crippen LogP contribution in [0, 0.1) is 4.91 Å². The first-order valence-corrected chi connectivity index (χ1v) is 15.0. The molecule has 3 aromatic rings. The van der Waals surface area contributed by atoms with Crippen molar-refractivity contribution in [2.75, 3.05) is 18.6 Å². The summed E-state index contributed by atoms with van der Waals surface area (Å²) in [5, 5.41) is 15.6. The maximum Gasteiger partial charge on any atom is 0.322 e. The van der Waals surface area contributed by atoms with Crippen LogP contribution in [0.15, 0.2) is 90.9 Å². The molecule has 0 saturated carbocycles. The lowest BCUT2D eigenvalue weighted by atomic mass is 9.93. The molecule has 44 heavy (non-hydrogen) atoms. The summed E-state index contributed by atoms with van der Waals surface area (Å²) in [6.45, 7) is 2.41. The second-order valence-corrected chi connectivity index (χ2v) is 11.0. The van der Waals surface area contributed by atoms with Crippen molar-refractivity contribution >= 4 is 34.7 Å². The quantitative estimate of drug-likeness (QED) is 0.167. The summed E-state index contributed by atoms with van der Waals surface area (Å²) < 4.78 is 0. The third-order valence-electron chi connectivity index (χ3n) is 7.45. The third-order valence-corrected chi connectivity index (χ3v) is 7.71. The number of carboxylic acid groups (broad SMARTS) is 1. The van der Waals surface area contributed by atoms with Crippen LogP contribution in [0.25, 0.3) is 5.57 Å². The summed E-state index contributed by atoms with van der Waals surface area (Å²) in [6.07, 6.45) is 8.07. The number of halogens is 1. The molecule has 10 heteroatoms. The second-order valence-electron chi connectivity index (χ2n) is 10.6. The van der Waals surface area contributed by atoms with E-state index in [1.54, 1.807) is 12.1 Å². The maximum atomic E-state index is 12.5. The molecule has 0 bridgehead atoms. The molecule has 0 fully saturated rings. The number of carboxylic acids is 1. The number of anilines is 1. The van der Waals surface area contributed by atoms with Gasteiger partial charge in [-0.25, -0.2) is 4.84 Å². The molecule has 1 aliphatic rings. The number of hydrogen-bond donors (Lipinski definition) is 3. The van der Waals surface area contributed by atoms with E-state index in [0.29, 0.717) is 27.9 Å². The highest BCUT2D eigenvalue weighted by molar-refractivity contribution is 6.30. The van der Waals surface area contributed by atoms with E-state index in [1.807, 2.05) is 60.4 Å². The van der Waals surface area contributed by atoms with E-state index in [4.69, 9.17) is 21.5 Å². The Balaban J connectivity index is 1.65. The molecule has 0 saturated heterocycles. The minimum atomic E-state index is -0.975. The van der Waals surface area contributed by atoms with Crippen molar-refractivity contribution in [1.29, 1.82) is 0 Å². The minimum Gasteiger partial charge on any atom is -0.481 e. The van der Waals surface area contributed by atoms with Gasteiger partial charge in [-0.2, -0.15) is 0 Å². The van der Waals surface area contributed by atoms with Gasteiger partial charge < -0.3 is 20.6 Å². The van der Waals surface area contributed by atoms with E-state index in [-0.39, 0.29) is 24.9 Å². The first kappa shape index (κ1) is 32.3. The highest BCUT2D eigenvalue weighted by Gasteiger charge is 2.22. The number of carbonyl (C=O) groups is 2.